The second-order valence-corrected chi connectivity index (χ2v) is 8.86. The molecule has 1 aromatic rings. The first-order valence-corrected chi connectivity index (χ1v) is 11.0. The largest absolute Gasteiger partial charge is 0.444 e. The predicted molar refractivity (Wildman–Crippen MR) is 121 cm³/mol. The highest BCUT2D eigenvalue weighted by molar-refractivity contribution is 5.85. The van der Waals surface area contributed by atoms with Gasteiger partial charge in [-0.05, 0) is 44.9 Å². The molecule has 0 aromatic heterocycles. The van der Waals surface area contributed by atoms with Crippen molar-refractivity contribution < 1.29 is 19.1 Å². The summed E-state index contributed by atoms with van der Waals surface area (Å²) >= 11 is 0. The van der Waals surface area contributed by atoms with Gasteiger partial charge in [-0.3, -0.25) is 19.8 Å². The number of hydrogen-bond acceptors (Lipinski definition) is 5. The van der Waals surface area contributed by atoms with Gasteiger partial charge in [-0.15, -0.1) is 0 Å². The van der Waals surface area contributed by atoms with Crippen LogP contribution in [0.4, 0.5) is 10.5 Å². The molecule has 2 N–H and O–H groups in total. The van der Waals surface area contributed by atoms with Gasteiger partial charge in [0.2, 0.25) is 11.8 Å². The maximum Gasteiger partial charge on any atom is 0.412 e. The Kier molecular flexibility index (Phi) is 9.30. The number of carbonyl (C=O) groups excluding carboxylic acids is 3. The quantitative estimate of drug-likeness (QED) is 0.617. The van der Waals surface area contributed by atoms with E-state index < -0.39 is 11.7 Å². The molecule has 0 bridgehead atoms. The SMILES string of the molecule is CCCCNC(=O)CN1CCN(C(=O)Cc2ccc(NC(=O)OC(C)(C)C)cc2)CC1. The Hall–Kier alpha value is -2.61. The predicted octanol–water partition coefficient (Wildman–Crippen LogP) is 2.64. The number of nitrogens with zero attached hydrogens (tertiary/aromatic N) is 2. The van der Waals surface area contributed by atoms with Crippen LogP contribution in [-0.4, -0.2) is 72.6 Å². The zero-order valence-electron chi connectivity index (χ0n) is 19.2. The third-order valence-corrected chi connectivity index (χ3v) is 4.90. The fourth-order valence-electron chi connectivity index (χ4n) is 3.23. The first-order valence-electron chi connectivity index (χ1n) is 11.0. The van der Waals surface area contributed by atoms with Crippen molar-refractivity contribution in [3.63, 3.8) is 0 Å². The van der Waals surface area contributed by atoms with Crippen LogP contribution in [0.5, 0.6) is 0 Å². The van der Waals surface area contributed by atoms with E-state index in [4.69, 9.17) is 4.74 Å². The molecule has 31 heavy (non-hydrogen) atoms. The van der Waals surface area contributed by atoms with Crippen LogP contribution in [-0.2, 0) is 20.7 Å². The Morgan fingerprint density at radius 1 is 1.03 bits per heavy atom. The second-order valence-electron chi connectivity index (χ2n) is 8.86. The molecule has 0 spiro atoms. The summed E-state index contributed by atoms with van der Waals surface area (Å²) in [6.45, 7) is 11.3. The highest BCUT2D eigenvalue weighted by atomic mass is 16.6. The molecule has 8 heteroatoms. The summed E-state index contributed by atoms with van der Waals surface area (Å²) < 4.78 is 5.23. The fraction of sp³-hybridized carbons (Fsp3) is 0.609. The molecule has 0 atom stereocenters. The van der Waals surface area contributed by atoms with E-state index in [2.05, 4.69) is 22.5 Å². The van der Waals surface area contributed by atoms with Crippen molar-refractivity contribution in [3.05, 3.63) is 29.8 Å². The molecule has 2 rings (SSSR count). The number of piperazine rings is 1. The number of anilines is 1. The monoisotopic (exact) mass is 432 g/mol. The molecule has 0 unspecified atom stereocenters. The normalized spacial score (nSPS) is 14.8. The molecule has 1 heterocycles. The van der Waals surface area contributed by atoms with Crippen molar-refractivity contribution in [2.75, 3.05) is 44.6 Å². The number of carbonyl (C=O) groups is 3. The molecule has 3 amide bonds. The maximum atomic E-state index is 12.6. The van der Waals surface area contributed by atoms with E-state index in [-0.39, 0.29) is 11.8 Å². The smallest absolute Gasteiger partial charge is 0.412 e. The molecule has 0 radical (unpaired) electrons. The Morgan fingerprint density at radius 3 is 2.26 bits per heavy atom. The fourth-order valence-corrected chi connectivity index (χ4v) is 3.23. The lowest BCUT2D eigenvalue weighted by Crippen LogP contribution is -2.51. The minimum absolute atomic E-state index is 0.0494. The minimum atomic E-state index is -0.556. The molecule has 1 saturated heterocycles. The number of nitrogens with one attached hydrogen (secondary N) is 2. The van der Waals surface area contributed by atoms with Gasteiger partial charge in [0, 0.05) is 38.4 Å². The van der Waals surface area contributed by atoms with Gasteiger partial charge in [0.15, 0.2) is 0 Å². The van der Waals surface area contributed by atoms with Crippen LogP contribution in [0.2, 0.25) is 0 Å². The van der Waals surface area contributed by atoms with Crippen LogP contribution in [0.1, 0.15) is 46.1 Å². The standard InChI is InChI=1S/C23H36N4O4/c1-5-6-11-24-20(28)17-26-12-14-27(15-13-26)21(29)16-18-7-9-19(10-8-18)25-22(30)31-23(2,3)4/h7-10H,5-6,11-17H2,1-4H3,(H,24,28)(H,25,30). The number of unbranched alkanes of at least 4 members (excludes halogenated alkanes) is 1. The summed E-state index contributed by atoms with van der Waals surface area (Å²) in [5, 5.41) is 5.61. The Labute approximate surface area is 185 Å². The van der Waals surface area contributed by atoms with E-state index in [1.54, 1.807) is 12.1 Å². The van der Waals surface area contributed by atoms with E-state index in [9.17, 15) is 14.4 Å². The van der Waals surface area contributed by atoms with E-state index in [1.807, 2.05) is 37.8 Å². The lowest BCUT2D eigenvalue weighted by Gasteiger charge is -2.34. The van der Waals surface area contributed by atoms with Crippen LogP contribution >= 0.6 is 0 Å². The Bertz CT molecular complexity index is 735. The van der Waals surface area contributed by atoms with Crippen molar-refractivity contribution >= 4 is 23.6 Å². The van der Waals surface area contributed by atoms with E-state index >= 15 is 0 Å². The second kappa shape index (κ2) is 11.7. The summed E-state index contributed by atoms with van der Waals surface area (Å²) in [6.07, 6.45) is 1.86. The van der Waals surface area contributed by atoms with Crippen molar-refractivity contribution in [2.45, 2.75) is 52.6 Å². The zero-order valence-corrected chi connectivity index (χ0v) is 19.2. The molecule has 1 aliphatic rings. The third kappa shape index (κ3) is 9.38. The van der Waals surface area contributed by atoms with Crippen LogP contribution in [0.15, 0.2) is 24.3 Å². The Morgan fingerprint density at radius 2 is 1.68 bits per heavy atom. The molecule has 0 aliphatic carbocycles. The molecular weight excluding hydrogens is 396 g/mol. The summed E-state index contributed by atoms with van der Waals surface area (Å²) in [4.78, 5) is 40.3. The summed E-state index contributed by atoms with van der Waals surface area (Å²) in [6, 6.07) is 7.20. The molecular formula is C23H36N4O4. The average Bonchev–Trinajstić information content (AvgIpc) is 2.69. The zero-order chi connectivity index (χ0) is 22.9. The van der Waals surface area contributed by atoms with E-state index in [1.165, 1.54) is 0 Å². The van der Waals surface area contributed by atoms with E-state index in [0.29, 0.717) is 44.8 Å². The first-order chi connectivity index (χ1) is 14.7. The number of hydrogen-bond donors (Lipinski definition) is 2. The van der Waals surface area contributed by atoms with E-state index in [0.717, 1.165) is 24.9 Å². The number of rotatable bonds is 8. The van der Waals surface area contributed by atoms with Gasteiger partial charge < -0.3 is 15.0 Å². The summed E-state index contributed by atoms with van der Waals surface area (Å²) in [7, 11) is 0. The van der Waals surface area contributed by atoms with Crippen molar-refractivity contribution in [3.8, 4) is 0 Å². The van der Waals surface area contributed by atoms with Gasteiger partial charge in [0.25, 0.3) is 0 Å². The molecule has 1 fully saturated rings. The van der Waals surface area contributed by atoms with Crippen LogP contribution in [0.25, 0.3) is 0 Å². The lowest BCUT2D eigenvalue weighted by molar-refractivity contribution is -0.132. The highest BCUT2D eigenvalue weighted by Crippen LogP contribution is 2.14. The molecule has 0 saturated carbocycles. The Balaban J connectivity index is 1.74. The minimum Gasteiger partial charge on any atom is -0.444 e. The first kappa shape index (κ1) is 24.7. The van der Waals surface area contributed by atoms with Crippen molar-refractivity contribution in [1.29, 1.82) is 0 Å². The van der Waals surface area contributed by atoms with Gasteiger partial charge in [0.05, 0.1) is 13.0 Å². The number of amides is 3. The number of benzene rings is 1. The van der Waals surface area contributed by atoms with Gasteiger partial charge >= 0.3 is 6.09 Å². The summed E-state index contributed by atoms with van der Waals surface area (Å²) in [5.41, 5.74) is 0.952. The van der Waals surface area contributed by atoms with Crippen molar-refractivity contribution in [1.82, 2.24) is 15.1 Å². The van der Waals surface area contributed by atoms with Gasteiger partial charge in [0.1, 0.15) is 5.60 Å². The lowest BCUT2D eigenvalue weighted by atomic mass is 10.1. The molecule has 172 valence electrons. The van der Waals surface area contributed by atoms with Crippen LogP contribution in [0.3, 0.4) is 0 Å². The third-order valence-electron chi connectivity index (χ3n) is 4.90. The summed E-state index contributed by atoms with van der Waals surface area (Å²) in [5.74, 6) is 0.119. The van der Waals surface area contributed by atoms with Crippen LogP contribution in [0, 0.1) is 0 Å². The molecule has 1 aromatic carbocycles. The maximum absolute atomic E-state index is 12.6. The topological polar surface area (TPSA) is 91.0 Å². The number of ether oxygens (including phenoxy) is 1. The molecule has 1 aliphatic heterocycles. The van der Waals surface area contributed by atoms with Gasteiger partial charge in [-0.1, -0.05) is 25.5 Å². The highest BCUT2D eigenvalue weighted by Gasteiger charge is 2.22. The van der Waals surface area contributed by atoms with Gasteiger partial charge in [-0.25, -0.2) is 4.79 Å². The molecule has 8 nitrogen and oxygen atoms in total. The average molecular weight is 433 g/mol. The van der Waals surface area contributed by atoms with Crippen molar-refractivity contribution in [2.24, 2.45) is 0 Å². The van der Waals surface area contributed by atoms with Crippen LogP contribution < -0.4 is 10.6 Å². The van der Waals surface area contributed by atoms with Gasteiger partial charge in [-0.2, -0.15) is 0 Å².